The van der Waals surface area contributed by atoms with Gasteiger partial charge in [0.2, 0.25) is 0 Å². The van der Waals surface area contributed by atoms with E-state index in [1.807, 2.05) is 5.32 Å². The molecule has 4 N–H and O–H groups in total. The summed E-state index contributed by atoms with van der Waals surface area (Å²) < 4.78 is 26.1. The molecule has 2 amide bonds. The highest BCUT2D eigenvalue weighted by molar-refractivity contribution is 5.97. The van der Waals surface area contributed by atoms with Crippen LogP contribution in [0.15, 0.2) is 48.5 Å². The van der Waals surface area contributed by atoms with Crippen molar-refractivity contribution in [2.24, 2.45) is 0 Å². The molecule has 0 aliphatic rings. The summed E-state index contributed by atoms with van der Waals surface area (Å²) >= 11 is 0. The van der Waals surface area contributed by atoms with E-state index in [0.29, 0.717) is 23.6 Å². The van der Waals surface area contributed by atoms with Gasteiger partial charge in [0.1, 0.15) is 12.3 Å². The van der Waals surface area contributed by atoms with Crippen molar-refractivity contribution in [3.05, 3.63) is 70.8 Å². The molecule has 1 unspecified atom stereocenters. The number of aldehydes is 1. The van der Waals surface area contributed by atoms with E-state index in [2.05, 4.69) is 11.8 Å². The first kappa shape index (κ1) is 22.7. The third-order valence-electron chi connectivity index (χ3n) is 4.22. The minimum Gasteiger partial charge on any atom is -0.381 e. The lowest BCUT2D eigenvalue weighted by Gasteiger charge is -2.30. The molecule has 9 heteroatoms. The van der Waals surface area contributed by atoms with Crippen molar-refractivity contribution in [3.8, 4) is 11.8 Å². The number of benzene rings is 2. The predicted molar refractivity (Wildman–Crippen MR) is 102 cm³/mol. The zero-order chi connectivity index (χ0) is 22.3. The number of carbonyl (C=O) groups excluding carboxylic acids is 3. The van der Waals surface area contributed by atoms with Gasteiger partial charge in [0.15, 0.2) is 5.60 Å². The van der Waals surface area contributed by atoms with Crippen LogP contribution in [0.2, 0.25) is 0 Å². The molecule has 0 aromatic heterocycles. The molecule has 0 heterocycles. The second kappa shape index (κ2) is 9.73. The number of hydrogen-bond acceptors (Lipinski definition) is 5. The fraction of sp³-hybridized carbons (Fsp3) is 0.190. The third kappa shape index (κ3) is 5.47. The van der Waals surface area contributed by atoms with E-state index in [-0.39, 0.29) is 5.56 Å². The van der Waals surface area contributed by atoms with E-state index in [9.17, 15) is 28.3 Å². The van der Waals surface area contributed by atoms with Crippen LogP contribution in [0.5, 0.6) is 0 Å². The Labute approximate surface area is 170 Å². The zero-order valence-corrected chi connectivity index (χ0v) is 15.7. The fourth-order valence-corrected chi connectivity index (χ4v) is 2.38. The number of halogens is 2. The summed E-state index contributed by atoms with van der Waals surface area (Å²) in [5.41, 5.74) is 0.0119. The Morgan fingerprint density at radius 3 is 1.97 bits per heavy atom. The molecule has 2 aromatic carbocycles. The van der Waals surface area contributed by atoms with Crippen LogP contribution in [-0.2, 0) is 4.79 Å². The highest BCUT2D eigenvalue weighted by atomic mass is 19.3. The summed E-state index contributed by atoms with van der Waals surface area (Å²) in [5.74, 6) is 3.45. The second-order valence-corrected chi connectivity index (χ2v) is 6.48. The molecule has 7 nitrogen and oxygen atoms in total. The van der Waals surface area contributed by atoms with Gasteiger partial charge in [0, 0.05) is 22.3 Å². The Kier molecular flexibility index (Phi) is 7.36. The molecule has 0 spiro atoms. The molecule has 0 saturated heterocycles. The Hall–Kier alpha value is -3.61. The van der Waals surface area contributed by atoms with Gasteiger partial charge in [-0.1, -0.05) is 24.0 Å². The fourth-order valence-electron chi connectivity index (χ4n) is 2.38. The summed E-state index contributed by atoms with van der Waals surface area (Å²) in [6, 6.07) is 10.3. The molecular weight excluding hydrogens is 398 g/mol. The van der Waals surface area contributed by atoms with E-state index in [1.54, 1.807) is 24.3 Å². The lowest BCUT2D eigenvalue weighted by atomic mass is 9.95. The van der Waals surface area contributed by atoms with Crippen LogP contribution in [0.1, 0.15) is 38.8 Å². The highest BCUT2D eigenvalue weighted by Crippen LogP contribution is 2.20. The quantitative estimate of drug-likeness (QED) is 0.247. The summed E-state index contributed by atoms with van der Waals surface area (Å²) in [6.45, 7) is 0.665. The first-order chi connectivity index (χ1) is 14.2. The van der Waals surface area contributed by atoms with Crippen LogP contribution in [-0.4, -0.2) is 46.5 Å². The van der Waals surface area contributed by atoms with Gasteiger partial charge >= 0.3 is 0 Å². The number of hydroxylamine groups is 1. The van der Waals surface area contributed by atoms with E-state index < -0.39 is 29.9 Å². The molecule has 0 radical (unpaired) electrons. The van der Waals surface area contributed by atoms with Crippen molar-refractivity contribution in [2.45, 2.75) is 25.0 Å². The first-order valence-corrected chi connectivity index (χ1v) is 8.61. The Morgan fingerprint density at radius 1 is 1.03 bits per heavy atom. The van der Waals surface area contributed by atoms with Gasteiger partial charge in [0.25, 0.3) is 18.2 Å². The Morgan fingerprint density at radius 2 is 1.53 bits per heavy atom. The molecular formula is C21H18F2N2O5. The summed E-state index contributed by atoms with van der Waals surface area (Å²) in [7, 11) is 0. The van der Waals surface area contributed by atoms with Crippen LogP contribution in [0, 0.1) is 11.8 Å². The molecule has 30 heavy (non-hydrogen) atoms. The second-order valence-electron chi connectivity index (χ2n) is 6.48. The van der Waals surface area contributed by atoms with Gasteiger partial charge in [-0.05, 0) is 43.3 Å². The van der Waals surface area contributed by atoms with Crippen molar-refractivity contribution in [2.75, 3.05) is 0 Å². The maximum absolute atomic E-state index is 13.0. The van der Waals surface area contributed by atoms with Crippen molar-refractivity contribution >= 4 is 18.1 Å². The molecule has 0 aliphatic heterocycles. The lowest BCUT2D eigenvalue weighted by Crippen LogP contribution is -2.61. The molecule has 0 fully saturated rings. The maximum Gasteiger partial charge on any atom is 0.269 e. The van der Waals surface area contributed by atoms with Gasteiger partial charge in [-0.2, -0.15) is 0 Å². The SMILES string of the molecule is CC(O)(C(F)F)[C@H](NC(=O)c1ccc(C#Cc2ccc(C=O)cc2)cc1)C(=O)NO. The number of hydrogen-bond donors (Lipinski definition) is 4. The monoisotopic (exact) mass is 416 g/mol. The van der Waals surface area contributed by atoms with E-state index in [0.717, 1.165) is 11.8 Å². The molecule has 0 bridgehead atoms. The number of nitrogens with one attached hydrogen (secondary N) is 2. The van der Waals surface area contributed by atoms with Crippen LogP contribution in [0.3, 0.4) is 0 Å². The smallest absolute Gasteiger partial charge is 0.269 e. The number of amides is 2. The van der Waals surface area contributed by atoms with E-state index >= 15 is 0 Å². The Bertz CT molecular complexity index is 977. The van der Waals surface area contributed by atoms with Gasteiger partial charge in [-0.3, -0.25) is 19.6 Å². The standard InChI is InChI=1S/C21H18F2N2O5/c1-21(29,20(22)23)17(19(28)25-30)24-18(27)16-10-8-14(9-11-16)3-2-13-4-6-15(12-26)7-5-13/h4-12,17,20,29-30H,1H3,(H,24,27)(H,25,28)/t17-,21?/m1/s1. The van der Waals surface area contributed by atoms with Crippen LogP contribution in [0.4, 0.5) is 8.78 Å². The van der Waals surface area contributed by atoms with Crippen molar-refractivity contribution < 1.29 is 33.5 Å². The van der Waals surface area contributed by atoms with Crippen molar-refractivity contribution in [1.29, 1.82) is 0 Å². The summed E-state index contributed by atoms with van der Waals surface area (Å²) in [5, 5.41) is 20.5. The van der Waals surface area contributed by atoms with E-state index in [4.69, 9.17) is 5.21 Å². The largest absolute Gasteiger partial charge is 0.381 e. The summed E-state index contributed by atoms with van der Waals surface area (Å²) in [6.07, 6.45) is -2.64. The van der Waals surface area contributed by atoms with Crippen LogP contribution >= 0.6 is 0 Å². The van der Waals surface area contributed by atoms with E-state index in [1.165, 1.54) is 24.3 Å². The zero-order valence-electron chi connectivity index (χ0n) is 15.7. The minimum absolute atomic E-state index is 0.0247. The molecule has 156 valence electrons. The van der Waals surface area contributed by atoms with Crippen molar-refractivity contribution in [3.63, 3.8) is 0 Å². The minimum atomic E-state index is -3.36. The van der Waals surface area contributed by atoms with Crippen LogP contribution in [0.25, 0.3) is 0 Å². The van der Waals surface area contributed by atoms with Gasteiger partial charge < -0.3 is 10.4 Å². The predicted octanol–water partition coefficient (Wildman–Crippen LogP) is 1.52. The average molecular weight is 416 g/mol. The van der Waals surface area contributed by atoms with Gasteiger partial charge in [0.05, 0.1) is 0 Å². The van der Waals surface area contributed by atoms with Crippen LogP contribution < -0.4 is 10.8 Å². The first-order valence-electron chi connectivity index (χ1n) is 8.61. The molecule has 2 atom stereocenters. The molecule has 2 aromatic rings. The topological polar surface area (TPSA) is 116 Å². The normalized spacial score (nSPS) is 13.4. The number of carbonyl (C=O) groups is 3. The van der Waals surface area contributed by atoms with Crippen molar-refractivity contribution in [1.82, 2.24) is 10.8 Å². The Balaban J connectivity index is 2.14. The third-order valence-corrected chi connectivity index (χ3v) is 4.22. The number of rotatable bonds is 6. The molecule has 0 aliphatic carbocycles. The van der Waals surface area contributed by atoms with Gasteiger partial charge in [-0.15, -0.1) is 0 Å². The lowest BCUT2D eigenvalue weighted by molar-refractivity contribution is -0.149. The number of aliphatic hydroxyl groups is 1. The highest BCUT2D eigenvalue weighted by Gasteiger charge is 2.46. The molecule has 2 rings (SSSR count). The average Bonchev–Trinajstić information content (AvgIpc) is 2.75. The maximum atomic E-state index is 13.0. The number of alkyl halides is 2. The summed E-state index contributed by atoms with van der Waals surface area (Å²) in [4.78, 5) is 34.6. The molecule has 0 saturated carbocycles. The van der Waals surface area contributed by atoms with Gasteiger partial charge in [-0.25, -0.2) is 14.3 Å².